The summed E-state index contributed by atoms with van der Waals surface area (Å²) in [5, 5.41) is 0. The molecule has 2 heteroatoms. The number of rotatable bonds is 3. The Hall–Kier alpha value is -1.31. The maximum atomic E-state index is 12.9. The van der Waals surface area contributed by atoms with Crippen molar-refractivity contribution < 1.29 is 9.21 Å². The highest BCUT2D eigenvalue weighted by molar-refractivity contribution is 6.01. The molecule has 1 aromatic heterocycles. The molecule has 2 atom stereocenters. The first-order valence-electron chi connectivity index (χ1n) is 8.63. The van der Waals surface area contributed by atoms with Crippen LogP contribution in [-0.4, -0.2) is 5.78 Å². The molecule has 22 heavy (non-hydrogen) atoms. The molecule has 2 aliphatic rings. The lowest BCUT2D eigenvalue weighted by atomic mass is 9.49. The number of fused-ring (bicyclic) bond motifs is 1. The van der Waals surface area contributed by atoms with Gasteiger partial charge in [0.1, 0.15) is 0 Å². The largest absolute Gasteiger partial charge is 0.472 e. The maximum absolute atomic E-state index is 12.9. The fourth-order valence-corrected chi connectivity index (χ4v) is 5.24. The third-order valence-electron chi connectivity index (χ3n) is 6.39. The minimum atomic E-state index is -0.210. The van der Waals surface area contributed by atoms with Crippen molar-refractivity contribution in [3.8, 4) is 0 Å². The van der Waals surface area contributed by atoms with Crippen LogP contribution in [0.25, 0.3) is 0 Å². The van der Waals surface area contributed by atoms with Crippen LogP contribution in [0.5, 0.6) is 0 Å². The van der Waals surface area contributed by atoms with E-state index < -0.39 is 0 Å². The zero-order chi connectivity index (χ0) is 16.0. The smallest absolute Gasteiger partial charge is 0.164 e. The first kappa shape index (κ1) is 15.6. The zero-order valence-electron chi connectivity index (χ0n) is 14.4. The molecule has 3 rings (SSSR count). The Morgan fingerprint density at radius 1 is 1.23 bits per heavy atom. The lowest BCUT2D eigenvalue weighted by molar-refractivity contribution is -0.132. The van der Waals surface area contributed by atoms with Crippen LogP contribution in [0.1, 0.15) is 65.4 Å². The molecule has 1 aromatic rings. The average molecular weight is 300 g/mol. The van der Waals surface area contributed by atoms with Gasteiger partial charge in [-0.3, -0.25) is 4.79 Å². The Morgan fingerprint density at radius 2 is 2.00 bits per heavy atom. The number of ketones is 1. The molecule has 0 aliphatic heterocycles. The topological polar surface area (TPSA) is 30.2 Å². The van der Waals surface area contributed by atoms with Crippen LogP contribution in [0.2, 0.25) is 0 Å². The number of carbonyl (C=O) groups excluding carboxylic acids is 1. The predicted molar refractivity (Wildman–Crippen MR) is 88.6 cm³/mol. The highest BCUT2D eigenvalue weighted by atomic mass is 16.3. The molecule has 1 heterocycles. The van der Waals surface area contributed by atoms with Crippen LogP contribution < -0.4 is 0 Å². The third-order valence-corrected chi connectivity index (χ3v) is 6.39. The molecule has 0 N–H and O–H groups in total. The summed E-state index contributed by atoms with van der Waals surface area (Å²) in [6.07, 6.45) is 10.5. The van der Waals surface area contributed by atoms with E-state index in [9.17, 15) is 4.79 Å². The first-order chi connectivity index (χ1) is 10.4. The Balaban J connectivity index is 1.97. The number of Topliss-reactive ketones (excluding diaryl/α,β-unsaturated/α-hetero) is 1. The van der Waals surface area contributed by atoms with Gasteiger partial charge in [-0.1, -0.05) is 39.2 Å². The van der Waals surface area contributed by atoms with E-state index in [2.05, 4.69) is 27.7 Å². The van der Waals surface area contributed by atoms with Crippen LogP contribution in [0.4, 0.5) is 0 Å². The molecule has 0 amide bonds. The standard InChI is InChI=1S/C20H28O2/c1-14-16(9-8-15-10-12-22-13-15)20(4)11-6-5-7-17(20)19(2,3)18(14)21/h10,12-13,17H,5-9,11H2,1-4H3/t17-,20-/m1/s1. The Kier molecular flexibility index (Phi) is 3.82. The lowest BCUT2D eigenvalue weighted by Crippen LogP contribution is -2.50. The third kappa shape index (κ3) is 2.28. The normalized spacial score (nSPS) is 31.3. The van der Waals surface area contributed by atoms with E-state index in [0.29, 0.717) is 11.7 Å². The highest BCUT2D eigenvalue weighted by Crippen LogP contribution is 2.59. The number of furan rings is 1. The van der Waals surface area contributed by atoms with Crippen molar-refractivity contribution in [1.29, 1.82) is 0 Å². The second kappa shape index (κ2) is 5.40. The fourth-order valence-electron chi connectivity index (χ4n) is 5.24. The van der Waals surface area contributed by atoms with E-state index in [0.717, 1.165) is 18.4 Å². The summed E-state index contributed by atoms with van der Waals surface area (Å²) in [7, 11) is 0. The van der Waals surface area contributed by atoms with Gasteiger partial charge in [0.2, 0.25) is 0 Å². The number of hydrogen-bond acceptors (Lipinski definition) is 2. The van der Waals surface area contributed by atoms with Gasteiger partial charge >= 0.3 is 0 Å². The van der Waals surface area contributed by atoms with Crippen LogP contribution in [0.3, 0.4) is 0 Å². The van der Waals surface area contributed by atoms with E-state index in [4.69, 9.17) is 4.42 Å². The van der Waals surface area contributed by atoms with Gasteiger partial charge in [0.15, 0.2) is 5.78 Å². The lowest BCUT2D eigenvalue weighted by Gasteiger charge is -2.54. The van der Waals surface area contributed by atoms with Crippen molar-refractivity contribution in [2.24, 2.45) is 16.7 Å². The maximum Gasteiger partial charge on any atom is 0.164 e. The van der Waals surface area contributed by atoms with Crippen LogP contribution in [0.15, 0.2) is 34.2 Å². The quantitative estimate of drug-likeness (QED) is 0.754. The molecular formula is C20H28O2. The Labute approximate surface area is 134 Å². The molecule has 0 radical (unpaired) electrons. The minimum Gasteiger partial charge on any atom is -0.472 e. The highest BCUT2D eigenvalue weighted by Gasteiger charge is 2.54. The Morgan fingerprint density at radius 3 is 2.68 bits per heavy atom. The van der Waals surface area contributed by atoms with Gasteiger partial charge in [0, 0.05) is 5.41 Å². The van der Waals surface area contributed by atoms with Gasteiger partial charge in [0.25, 0.3) is 0 Å². The summed E-state index contributed by atoms with van der Waals surface area (Å²) in [6, 6.07) is 2.03. The van der Waals surface area contributed by atoms with E-state index in [-0.39, 0.29) is 10.8 Å². The monoisotopic (exact) mass is 300 g/mol. The molecule has 0 spiro atoms. The Bertz CT molecular complexity index is 591. The van der Waals surface area contributed by atoms with Crippen LogP contribution in [0, 0.1) is 16.7 Å². The van der Waals surface area contributed by atoms with Crippen molar-refractivity contribution in [3.05, 3.63) is 35.3 Å². The summed E-state index contributed by atoms with van der Waals surface area (Å²) in [5.41, 5.74) is 3.67. The first-order valence-corrected chi connectivity index (χ1v) is 8.63. The summed E-state index contributed by atoms with van der Waals surface area (Å²) >= 11 is 0. The van der Waals surface area contributed by atoms with Gasteiger partial charge in [0.05, 0.1) is 12.5 Å². The summed E-state index contributed by atoms with van der Waals surface area (Å²) in [6.45, 7) is 8.81. The van der Waals surface area contributed by atoms with Crippen molar-refractivity contribution in [3.63, 3.8) is 0 Å². The van der Waals surface area contributed by atoms with Crippen molar-refractivity contribution in [2.45, 2.75) is 66.2 Å². The van der Waals surface area contributed by atoms with Gasteiger partial charge < -0.3 is 4.42 Å². The van der Waals surface area contributed by atoms with Gasteiger partial charge in [-0.05, 0) is 61.1 Å². The van der Waals surface area contributed by atoms with E-state index >= 15 is 0 Å². The zero-order valence-corrected chi connectivity index (χ0v) is 14.4. The summed E-state index contributed by atoms with van der Waals surface area (Å²) in [5.74, 6) is 0.864. The molecule has 1 saturated carbocycles. The number of allylic oxidation sites excluding steroid dienone is 2. The van der Waals surface area contributed by atoms with Crippen molar-refractivity contribution in [2.75, 3.05) is 0 Å². The van der Waals surface area contributed by atoms with Crippen LogP contribution in [-0.2, 0) is 11.2 Å². The second-order valence-corrected chi connectivity index (χ2v) is 8.00. The molecule has 2 aliphatic carbocycles. The molecule has 0 bridgehead atoms. The molecule has 0 aromatic carbocycles. The van der Waals surface area contributed by atoms with Gasteiger partial charge in [-0.2, -0.15) is 0 Å². The molecule has 0 unspecified atom stereocenters. The van der Waals surface area contributed by atoms with E-state index in [1.165, 1.54) is 36.8 Å². The van der Waals surface area contributed by atoms with Crippen LogP contribution >= 0.6 is 0 Å². The molecular weight excluding hydrogens is 272 g/mol. The number of aryl methyl sites for hydroxylation is 1. The fraction of sp³-hybridized carbons (Fsp3) is 0.650. The molecule has 2 nitrogen and oxygen atoms in total. The van der Waals surface area contributed by atoms with Crippen molar-refractivity contribution in [1.82, 2.24) is 0 Å². The summed E-state index contributed by atoms with van der Waals surface area (Å²) < 4.78 is 5.18. The predicted octanol–water partition coefficient (Wildman–Crippen LogP) is 5.33. The van der Waals surface area contributed by atoms with Crippen molar-refractivity contribution >= 4 is 5.78 Å². The van der Waals surface area contributed by atoms with E-state index in [1.807, 2.05) is 12.3 Å². The number of carbonyl (C=O) groups is 1. The summed E-state index contributed by atoms with van der Waals surface area (Å²) in [4.78, 5) is 12.9. The number of hydrogen-bond donors (Lipinski definition) is 0. The average Bonchev–Trinajstić information content (AvgIpc) is 2.98. The molecule has 1 fully saturated rings. The minimum absolute atomic E-state index is 0.198. The van der Waals surface area contributed by atoms with E-state index in [1.54, 1.807) is 6.26 Å². The van der Waals surface area contributed by atoms with Gasteiger partial charge in [-0.15, -0.1) is 0 Å². The SMILES string of the molecule is CC1=C(CCc2ccoc2)[C@@]2(C)CCCC[C@@H]2C(C)(C)C1=O. The molecule has 0 saturated heterocycles. The second-order valence-electron chi connectivity index (χ2n) is 8.00. The van der Waals surface area contributed by atoms with Gasteiger partial charge in [-0.25, -0.2) is 0 Å². The molecule has 120 valence electrons.